The summed E-state index contributed by atoms with van der Waals surface area (Å²) >= 11 is 0. The second-order valence-electron chi connectivity index (χ2n) is 6.44. The fourth-order valence-corrected chi connectivity index (χ4v) is 3.69. The molecular formula is C15H29N3O3S. The molecule has 1 aliphatic carbocycles. The van der Waals surface area contributed by atoms with Gasteiger partial charge >= 0.3 is 0 Å². The number of rotatable bonds is 6. The highest BCUT2D eigenvalue weighted by atomic mass is 32.2. The molecule has 0 aromatic carbocycles. The highest BCUT2D eigenvalue weighted by molar-refractivity contribution is 7.89. The molecule has 1 heterocycles. The van der Waals surface area contributed by atoms with E-state index in [-0.39, 0.29) is 17.7 Å². The van der Waals surface area contributed by atoms with E-state index in [1.54, 1.807) is 6.92 Å². The Bertz CT molecular complexity index is 476. The van der Waals surface area contributed by atoms with Crippen molar-refractivity contribution >= 4 is 15.9 Å². The molecule has 0 radical (unpaired) electrons. The van der Waals surface area contributed by atoms with Gasteiger partial charge in [0.2, 0.25) is 15.9 Å². The van der Waals surface area contributed by atoms with Crippen LogP contribution in [0.3, 0.4) is 0 Å². The largest absolute Gasteiger partial charge is 0.341 e. The van der Waals surface area contributed by atoms with Gasteiger partial charge in [-0.2, -0.15) is 0 Å². The van der Waals surface area contributed by atoms with E-state index in [9.17, 15) is 13.2 Å². The normalized spacial score (nSPS) is 22.9. The summed E-state index contributed by atoms with van der Waals surface area (Å²) in [5, 5.41) is 0. The molecule has 128 valence electrons. The van der Waals surface area contributed by atoms with Crippen LogP contribution in [0, 0.1) is 5.92 Å². The van der Waals surface area contributed by atoms with Crippen molar-refractivity contribution in [2.24, 2.45) is 5.92 Å². The Hall–Kier alpha value is -0.660. The van der Waals surface area contributed by atoms with Crippen LogP contribution in [0.4, 0.5) is 0 Å². The van der Waals surface area contributed by atoms with Crippen molar-refractivity contribution in [3.8, 4) is 0 Å². The SMILES string of the molecule is CCS(=O)(=O)NCC(C)N1CCCN(C(=O)C2CCC2)CC1. The predicted octanol–water partition coefficient (Wildman–Crippen LogP) is 0.649. The number of hydrogen-bond donors (Lipinski definition) is 1. The number of carbonyl (C=O) groups is 1. The number of nitrogens with zero attached hydrogens (tertiary/aromatic N) is 2. The van der Waals surface area contributed by atoms with Gasteiger partial charge in [-0.25, -0.2) is 13.1 Å². The van der Waals surface area contributed by atoms with Gasteiger partial charge in [0.25, 0.3) is 0 Å². The van der Waals surface area contributed by atoms with Crippen molar-refractivity contribution in [3.63, 3.8) is 0 Å². The minimum absolute atomic E-state index is 0.114. The zero-order valence-electron chi connectivity index (χ0n) is 13.8. The first-order valence-corrected chi connectivity index (χ1v) is 10.1. The van der Waals surface area contributed by atoms with E-state index in [0.717, 1.165) is 45.4 Å². The van der Waals surface area contributed by atoms with Gasteiger partial charge in [-0.15, -0.1) is 0 Å². The minimum atomic E-state index is -3.13. The Morgan fingerprint density at radius 1 is 1.18 bits per heavy atom. The van der Waals surface area contributed by atoms with Gasteiger partial charge in [0.15, 0.2) is 0 Å². The number of amides is 1. The standard InChI is InChI=1S/C15H29N3O3S/c1-3-22(20,21)16-12-13(2)17-8-5-9-18(11-10-17)15(19)14-6-4-7-14/h13-14,16H,3-12H2,1-2H3. The smallest absolute Gasteiger partial charge is 0.225 e. The van der Waals surface area contributed by atoms with Crippen molar-refractivity contribution in [2.75, 3.05) is 38.5 Å². The number of nitrogens with one attached hydrogen (secondary N) is 1. The molecule has 22 heavy (non-hydrogen) atoms. The van der Waals surface area contributed by atoms with Crippen LogP contribution in [0.1, 0.15) is 39.5 Å². The first kappa shape index (κ1) is 17.7. The summed E-state index contributed by atoms with van der Waals surface area (Å²) < 4.78 is 25.7. The topological polar surface area (TPSA) is 69.7 Å². The van der Waals surface area contributed by atoms with Crippen LogP contribution < -0.4 is 4.72 Å². The summed E-state index contributed by atoms with van der Waals surface area (Å²) in [6, 6.07) is 0.153. The van der Waals surface area contributed by atoms with Crippen LogP contribution in [0.15, 0.2) is 0 Å². The Morgan fingerprint density at radius 3 is 2.50 bits per heavy atom. The van der Waals surface area contributed by atoms with Crippen LogP contribution in [0.5, 0.6) is 0 Å². The lowest BCUT2D eigenvalue weighted by molar-refractivity contribution is -0.138. The van der Waals surface area contributed by atoms with E-state index in [4.69, 9.17) is 0 Å². The van der Waals surface area contributed by atoms with Gasteiger partial charge in [-0.05, 0) is 33.1 Å². The molecule has 0 aromatic rings. The van der Waals surface area contributed by atoms with E-state index in [1.807, 2.05) is 11.8 Å². The second-order valence-corrected chi connectivity index (χ2v) is 8.54. The average Bonchev–Trinajstić information content (AvgIpc) is 2.69. The Kier molecular flexibility index (Phi) is 6.23. The van der Waals surface area contributed by atoms with Crippen molar-refractivity contribution in [1.82, 2.24) is 14.5 Å². The van der Waals surface area contributed by atoms with Crippen LogP contribution in [-0.2, 0) is 14.8 Å². The zero-order chi connectivity index (χ0) is 16.2. The lowest BCUT2D eigenvalue weighted by Crippen LogP contribution is -2.45. The van der Waals surface area contributed by atoms with Crippen molar-refractivity contribution in [1.29, 1.82) is 0 Å². The maximum absolute atomic E-state index is 12.3. The Balaban J connectivity index is 1.80. The molecule has 0 bridgehead atoms. The van der Waals surface area contributed by atoms with E-state index < -0.39 is 10.0 Å². The number of sulfonamides is 1. The fraction of sp³-hybridized carbons (Fsp3) is 0.933. The zero-order valence-corrected chi connectivity index (χ0v) is 14.6. The van der Waals surface area contributed by atoms with Gasteiger partial charge in [0.1, 0.15) is 0 Å². The highest BCUT2D eigenvalue weighted by Gasteiger charge is 2.30. The van der Waals surface area contributed by atoms with E-state index in [0.29, 0.717) is 12.5 Å². The quantitative estimate of drug-likeness (QED) is 0.776. The molecular weight excluding hydrogens is 302 g/mol. The molecule has 0 spiro atoms. The molecule has 6 nitrogen and oxygen atoms in total. The molecule has 0 aromatic heterocycles. The molecule has 2 aliphatic rings. The average molecular weight is 331 g/mol. The van der Waals surface area contributed by atoms with Crippen molar-refractivity contribution < 1.29 is 13.2 Å². The molecule has 2 fully saturated rings. The summed E-state index contributed by atoms with van der Waals surface area (Å²) in [6.45, 7) is 7.47. The maximum Gasteiger partial charge on any atom is 0.225 e. The number of hydrogen-bond acceptors (Lipinski definition) is 4. The Labute approximate surface area is 134 Å². The predicted molar refractivity (Wildman–Crippen MR) is 87.0 cm³/mol. The molecule has 2 rings (SSSR count). The monoisotopic (exact) mass is 331 g/mol. The third kappa shape index (κ3) is 4.67. The summed E-state index contributed by atoms with van der Waals surface area (Å²) in [7, 11) is -3.13. The third-order valence-electron chi connectivity index (χ3n) is 4.90. The minimum Gasteiger partial charge on any atom is -0.341 e. The second kappa shape index (κ2) is 7.75. The molecule has 1 atom stereocenters. The lowest BCUT2D eigenvalue weighted by atomic mass is 9.84. The molecule has 1 unspecified atom stereocenters. The summed E-state index contributed by atoms with van der Waals surface area (Å²) in [5.74, 6) is 0.705. The van der Waals surface area contributed by atoms with Crippen LogP contribution in [0.2, 0.25) is 0 Å². The van der Waals surface area contributed by atoms with Gasteiger partial charge in [-0.1, -0.05) is 6.42 Å². The molecule has 1 saturated heterocycles. The van der Waals surface area contributed by atoms with E-state index in [2.05, 4.69) is 9.62 Å². The number of carbonyl (C=O) groups excluding carboxylic acids is 1. The molecule has 1 amide bonds. The molecule has 1 saturated carbocycles. The first-order chi connectivity index (χ1) is 10.4. The third-order valence-corrected chi connectivity index (χ3v) is 6.27. The summed E-state index contributed by atoms with van der Waals surface area (Å²) in [5.41, 5.74) is 0. The molecule has 1 aliphatic heterocycles. The summed E-state index contributed by atoms with van der Waals surface area (Å²) in [6.07, 6.45) is 4.25. The van der Waals surface area contributed by atoms with Crippen molar-refractivity contribution in [2.45, 2.75) is 45.6 Å². The maximum atomic E-state index is 12.3. The highest BCUT2D eigenvalue weighted by Crippen LogP contribution is 2.28. The molecule has 7 heteroatoms. The van der Waals surface area contributed by atoms with E-state index in [1.165, 1.54) is 6.42 Å². The Morgan fingerprint density at radius 2 is 1.91 bits per heavy atom. The van der Waals surface area contributed by atoms with Gasteiger partial charge < -0.3 is 4.90 Å². The van der Waals surface area contributed by atoms with Gasteiger partial charge in [0, 0.05) is 44.7 Å². The van der Waals surface area contributed by atoms with Crippen molar-refractivity contribution in [3.05, 3.63) is 0 Å². The van der Waals surface area contributed by atoms with Crippen LogP contribution in [-0.4, -0.2) is 68.6 Å². The fourth-order valence-electron chi connectivity index (χ4n) is 2.99. The lowest BCUT2D eigenvalue weighted by Gasteiger charge is -2.31. The first-order valence-electron chi connectivity index (χ1n) is 8.43. The van der Waals surface area contributed by atoms with Crippen LogP contribution in [0.25, 0.3) is 0 Å². The van der Waals surface area contributed by atoms with Gasteiger partial charge in [0.05, 0.1) is 5.75 Å². The van der Waals surface area contributed by atoms with E-state index >= 15 is 0 Å². The molecule has 1 N–H and O–H groups in total. The summed E-state index contributed by atoms with van der Waals surface area (Å²) in [4.78, 5) is 16.6. The van der Waals surface area contributed by atoms with Crippen LogP contribution >= 0.6 is 0 Å². The van der Waals surface area contributed by atoms with Gasteiger partial charge in [-0.3, -0.25) is 9.69 Å².